The molecule has 1 aromatic carbocycles. The summed E-state index contributed by atoms with van der Waals surface area (Å²) in [5.74, 6) is 0.486. The summed E-state index contributed by atoms with van der Waals surface area (Å²) in [5.41, 5.74) is 7.54. The molecule has 0 spiro atoms. The average Bonchev–Trinajstić information content (AvgIpc) is 2.75. The van der Waals surface area contributed by atoms with Gasteiger partial charge in [0.15, 0.2) is 0 Å². The van der Waals surface area contributed by atoms with E-state index in [1.54, 1.807) is 11.3 Å². The Labute approximate surface area is 111 Å². The molecular weight excluding hydrogens is 250 g/mol. The van der Waals surface area contributed by atoms with Gasteiger partial charge in [-0.2, -0.15) is 0 Å². The van der Waals surface area contributed by atoms with E-state index >= 15 is 0 Å². The van der Waals surface area contributed by atoms with Crippen LogP contribution >= 0.6 is 22.9 Å². The van der Waals surface area contributed by atoms with Crippen molar-refractivity contribution >= 4 is 22.9 Å². The van der Waals surface area contributed by atoms with Gasteiger partial charge in [-0.25, -0.2) is 4.98 Å². The van der Waals surface area contributed by atoms with E-state index in [-0.39, 0.29) is 0 Å². The van der Waals surface area contributed by atoms with Gasteiger partial charge in [-0.3, -0.25) is 0 Å². The van der Waals surface area contributed by atoms with E-state index in [0.29, 0.717) is 5.88 Å². The Bertz CT molecular complexity index is 531. The van der Waals surface area contributed by atoms with Crippen molar-refractivity contribution in [3.05, 3.63) is 39.4 Å². The van der Waals surface area contributed by atoms with Crippen LogP contribution in [0, 0.1) is 27.7 Å². The van der Waals surface area contributed by atoms with Gasteiger partial charge in [0, 0.05) is 10.9 Å². The molecule has 2 rings (SSSR count). The minimum Gasteiger partial charge on any atom is -0.240 e. The number of nitrogens with zero attached hydrogens (tertiary/aromatic N) is 1. The van der Waals surface area contributed by atoms with Gasteiger partial charge in [0.1, 0.15) is 5.01 Å². The van der Waals surface area contributed by atoms with Crippen molar-refractivity contribution in [1.82, 2.24) is 4.98 Å². The van der Waals surface area contributed by atoms with Crippen molar-refractivity contribution < 1.29 is 0 Å². The lowest BCUT2D eigenvalue weighted by molar-refractivity contribution is 1.20. The lowest BCUT2D eigenvalue weighted by Gasteiger charge is -2.13. The van der Waals surface area contributed by atoms with E-state index in [1.807, 2.05) is 5.38 Å². The van der Waals surface area contributed by atoms with Gasteiger partial charge in [-0.05, 0) is 49.9 Å². The standard InChI is InChI=1S/C14H16ClNS/c1-8-5-9(2)11(4)13(10(8)3)14-16-12(6-15)7-17-14/h5,7H,6H2,1-4H3. The molecule has 1 nitrogen and oxygen atoms in total. The second-order valence-corrected chi connectivity index (χ2v) is 5.54. The number of thiazole rings is 1. The van der Waals surface area contributed by atoms with Gasteiger partial charge in [0.2, 0.25) is 0 Å². The van der Waals surface area contributed by atoms with Gasteiger partial charge < -0.3 is 0 Å². The van der Waals surface area contributed by atoms with E-state index in [1.165, 1.54) is 27.8 Å². The predicted octanol–water partition coefficient (Wildman–Crippen LogP) is 4.78. The molecule has 0 aliphatic carbocycles. The highest BCUT2D eigenvalue weighted by Crippen LogP contribution is 2.33. The van der Waals surface area contributed by atoms with E-state index < -0.39 is 0 Å². The highest BCUT2D eigenvalue weighted by molar-refractivity contribution is 7.13. The van der Waals surface area contributed by atoms with Crippen molar-refractivity contribution in [2.45, 2.75) is 33.6 Å². The highest BCUT2D eigenvalue weighted by atomic mass is 35.5. The number of hydrogen-bond acceptors (Lipinski definition) is 2. The van der Waals surface area contributed by atoms with Crippen molar-refractivity contribution in [2.24, 2.45) is 0 Å². The number of alkyl halides is 1. The Kier molecular flexibility index (Phi) is 3.55. The molecule has 90 valence electrons. The molecule has 0 saturated carbocycles. The fourth-order valence-corrected chi connectivity index (χ4v) is 3.23. The van der Waals surface area contributed by atoms with Gasteiger partial charge in [0.05, 0.1) is 11.6 Å². The zero-order chi connectivity index (χ0) is 12.6. The second-order valence-electron chi connectivity index (χ2n) is 4.41. The SMILES string of the molecule is Cc1cc(C)c(C)c(-c2nc(CCl)cs2)c1C. The molecule has 0 fully saturated rings. The van der Waals surface area contributed by atoms with Crippen LogP contribution in [-0.4, -0.2) is 4.98 Å². The predicted molar refractivity (Wildman–Crippen MR) is 76.1 cm³/mol. The molecule has 0 bridgehead atoms. The van der Waals surface area contributed by atoms with Crippen molar-refractivity contribution in [3.63, 3.8) is 0 Å². The molecule has 0 aliphatic rings. The summed E-state index contributed by atoms with van der Waals surface area (Å²) >= 11 is 7.49. The monoisotopic (exact) mass is 265 g/mol. The van der Waals surface area contributed by atoms with Gasteiger partial charge in [-0.1, -0.05) is 6.07 Å². The number of benzene rings is 1. The lowest BCUT2D eigenvalue weighted by Crippen LogP contribution is -1.95. The van der Waals surface area contributed by atoms with E-state index in [0.717, 1.165) is 10.7 Å². The minimum absolute atomic E-state index is 0.486. The minimum atomic E-state index is 0.486. The fourth-order valence-electron chi connectivity index (χ4n) is 2.02. The van der Waals surface area contributed by atoms with Crippen molar-refractivity contribution in [3.8, 4) is 10.6 Å². The third-order valence-corrected chi connectivity index (χ3v) is 4.45. The molecule has 0 radical (unpaired) electrons. The van der Waals surface area contributed by atoms with Gasteiger partial charge >= 0.3 is 0 Å². The molecule has 3 heteroatoms. The lowest BCUT2D eigenvalue weighted by atomic mass is 9.95. The molecule has 0 unspecified atom stereocenters. The molecular formula is C14H16ClNS. The summed E-state index contributed by atoms with van der Waals surface area (Å²) in [6.45, 7) is 8.64. The van der Waals surface area contributed by atoms with E-state index in [4.69, 9.17) is 11.6 Å². The van der Waals surface area contributed by atoms with Crippen LogP contribution in [0.2, 0.25) is 0 Å². The molecule has 2 aromatic rings. The molecule has 1 heterocycles. The molecule has 0 atom stereocenters. The molecule has 17 heavy (non-hydrogen) atoms. The number of hydrogen-bond donors (Lipinski definition) is 0. The summed E-state index contributed by atoms with van der Waals surface area (Å²) in [6.07, 6.45) is 0. The van der Waals surface area contributed by atoms with Crippen molar-refractivity contribution in [2.75, 3.05) is 0 Å². The largest absolute Gasteiger partial charge is 0.240 e. The second kappa shape index (κ2) is 4.79. The molecule has 0 N–H and O–H groups in total. The molecule has 0 amide bonds. The summed E-state index contributed by atoms with van der Waals surface area (Å²) in [4.78, 5) is 4.59. The normalized spacial score (nSPS) is 10.9. The fraction of sp³-hybridized carbons (Fsp3) is 0.357. The number of aryl methyl sites for hydroxylation is 2. The molecule has 1 aromatic heterocycles. The smallest absolute Gasteiger partial charge is 0.124 e. The zero-order valence-electron chi connectivity index (χ0n) is 10.6. The zero-order valence-corrected chi connectivity index (χ0v) is 12.2. The average molecular weight is 266 g/mol. The molecule has 0 saturated heterocycles. The Morgan fingerprint density at radius 2 is 1.71 bits per heavy atom. The Hall–Kier alpha value is -0.860. The maximum absolute atomic E-state index is 5.81. The first kappa shape index (κ1) is 12.6. The first-order valence-corrected chi connectivity index (χ1v) is 7.04. The number of halogens is 1. The summed E-state index contributed by atoms with van der Waals surface area (Å²) in [5, 5.41) is 3.13. The summed E-state index contributed by atoms with van der Waals surface area (Å²) < 4.78 is 0. The Morgan fingerprint density at radius 3 is 2.18 bits per heavy atom. The Morgan fingerprint density at radius 1 is 1.12 bits per heavy atom. The van der Waals surface area contributed by atoms with E-state index in [9.17, 15) is 0 Å². The topological polar surface area (TPSA) is 12.9 Å². The van der Waals surface area contributed by atoms with Gasteiger partial charge in [0.25, 0.3) is 0 Å². The molecule has 0 aliphatic heterocycles. The van der Waals surface area contributed by atoms with Crippen LogP contribution in [0.25, 0.3) is 10.6 Å². The summed E-state index contributed by atoms with van der Waals surface area (Å²) in [6, 6.07) is 2.24. The third kappa shape index (κ3) is 2.24. The summed E-state index contributed by atoms with van der Waals surface area (Å²) in [7, 11) is 0. The Balaban J connectivity index is 2.65. The van der Waals surface area contributed by atoms with Crippen LogP contribution < -0.4 is 0 Å². The van der Waals surface area contributed by atoms with E-state index in [2.05, 4.69) is 38.7 Å². The first-order valence-electron chi connectivity index (χ1n) is 5.62. The quantitative estimate of drug-likeness (QED) is 0.712. The highest BCUT2D eigenvalue weighted by Gasteiger charge is 2.13. The number of aromatic nitrogens is 1. The number of rotatable bonds is 2. The third-order valence-electron chi connectivity index (χ3n) is 3.27. The van der Waals surface area contributed by atoms with Crippen LogP contribution in [0.4, 0.5) is 0 Å². The maximum atomic E-state index is 5.81. The van der Waals surface area contributed by atoms with Crippen LogP contribution in [0.3, 0.4) is 0 Å². The first-order chi connectivity index (χ1) is 8.04. The maximum Gasteiger partial charge on any atom is 0.124 e. The van der Waals surface area contributed by atoms with Crippen LogP contribution in [0.15, 0.2) is 11.4 Å². The van der Waals surface area contributed by atoms with Crippen LogP contribution in [0.5, 0.6) is 0 Å². The van der Waals surface area contributed by atoms with Crippen LogP contribution in [-0.2, 0) is 5.88 Å². The van der Waals surface area contributed by atoms with Gasteiger partial charge in [-0.15, -0.1) is 22.9 Å². The van der Waals surface area contributed by atoms with Crippen molar-refractivity contribution in [1.29, 1.82) is 0 Å². The van der Waals surface area contributed by atoms with Crippen LogP contribution in [0.1, 0.15) is 27.9 Å².